The van der Waals surface area contributed by atoms with Gasteiger partial charge in [0.2, 0.25) is 5.95 Å². The molecule has 0 unspecified atom stereocenters. The second kappa shape index (κ2) is 7.31. The number of rotatable bonds is 4. The van der Waals surface area contributed by atoms with Crippen molar-refractivity contribution in [3.8, 4) is 10.6 Å². The van der Waals surface area contributed by atoms with Crippen molar-refractivity contribution in [2.24, 2.45) is 0 Å². The number of aryl methyl sites for hydroxylation is 1. The predicted octanol–water partition coefficient (Wildman–Crippen LogP) is 4.43. The van der Waals surface area contributed by atoms with Gasteiger partial charge in [-0.3, -0.25) is 15.6 Å². The van der Waals surface area contributed by atoms with Gasteiger partial charge in [0.15, 0.2) is 0 Å². The highest BCUT2D eigenvalue weighted by Gasteiger charge is 2.30. The molecule has 0 atom stereocenters. The first-order chi connectivity index (χ1) is 12.7. The Morgan fingerprint density at radius 3 is 2.41 bits per heavy atom. The molecule has 0 aliphatic heterocycles. The fourth-order valence-corrected chi connectivity index (χ4v) is 3.13. The molecule has 0 saturated carbocycles. The number of nitrogens with one attached hydrogen (secondary N) is 2. The van der Waals surface area contributed by atoms with Crippen LogP contribution < -0.4 is 10.9 Å². The fourth-order valence-electron chi connectivity index (χ4n) is 2.17. The van der Waals surface area contributed by atoms with Crippen LogP contribution in [-0.2, 0) is 6.18 Å². The lowest BCUT2D eigenvalue weighted by Gasteiger charge is -2.07. The van der Waals surface area contributed by atoms with E-state index in [1.807, 2.05) is 0 Å². The zero-order valence-electron chi connectivity index (χ0n) is 13.8. The number of anilines is 1. The van der Waals surface area contributed by atoms with Gasteiger partial charge in [-0.1, -0.05) is 12.1 Å². The van der Waals surface area contributed by atoms with Crippen LogP contribution in [0.15, 0.2) is 42.6 Å². The highest BCUT2D eigenvalue weighted by atomic mass is 32.1. The number of benzene rings is 1. The Balaban J connectivity index is 1.73. The van der Waals surface area contributed by atoms with Crippen LogP contribution in [0.2, 0.25) is 0 Å². The summed E-state index contributed by atoms with van der Waals surface area (Å²) >= 11 is 1.05. The molecule has 0 aliphatic carbocycles. The minimum Gasteiger partial charge on any atom is -0.297 e. The van der Waals surface area contributed by atoms with Crippen molar-refractivity contribution in [2.45, 2.75) is 13.1 Å². The van der Waals surface area contributed by atoms with Crippen molar-refractivity contribution in [1.82, 2.24) is 15.4 Å². The van der Waals surface area contributed by atoms with Gasteiger partial charge in [-0.05, 0) is 31.2 Å². The van der Waals surface area contributed by atoms with Crippen LogP contribution in [0, 0.1) is 12.9 Å². The number of aromatic nitrogens is 2. The van der Waals surface area contributed by atoms with E-state index in [1.165, 1.54) is 24.4 Å². The first-order valence-electron chi connectivity index (χ1n) is 7.57. The zero-order chi connectivity index (χ0) is 19.6. The summed E-state index contributed by atoms with van der Waals surface area (Å²) in [6.07, 6.45) is -3.20. The lowest BCUT2D eigenvalue weighted by atomic mass is 10.1. The maximum Gasteiger partial charge on any atom is 0.416 e. The molecule has 10 heteroatoms. The monoisotopic (exact) mass is 396 g/mol. The summed E-state index contributed by atoms with van der Waals surface area (Å²) in [5, 5.41) is 0.426. The number of amides is 1. The van der Waals surface area contributed by atoms with Gasteiger partial charge in [-0.15, -0.1) is 11.3 Å². The molecule has 0 fully saturated rings. The Kier molecular flexibility index (Phi) is 5.08. The van der Waals surface area contributed by atoms with E-state index < -0.39 is 23.6 Å². The molecule has 0 spiro atoms. The molecule has 2 heterocycles. The third-order valence-electron chi connectivity index (χ3n) is 3.51. The molecule has 0 saturated heterocycles. The average Bonchev–Trinajstić information content (AvgIpc) is 3.02. The van der Waals surface area contributed by atoms with E-state index in [-0.39, 0.29) is 0 Å². The molecular formula is C17H12F4N4OS. The number of carbonyl (C=O) groups excluding carboxylic acids is 1. The third kappa shape index (κ3) is 4.40. The topological polar surface area (TPSA) is 66.9 Å². The summed E-state index contributed by atoms with van der Waals surface area (Å²) in [6, 6.07) is 7.09. The summed E-state index contributed by atoms with van der Waals surface area (Å²) in [4.78, 5) is 20.3. The minimum atomic E-state index is -4.41. The number of pyridine rings is 1. The number of carbonyl (C=O) groups is 1. The predicted molar refractivity (Wildman–Crippen MR) is 92.6 cm³/mol. The van der Waals surface area contributed by atoms with Crippen LogP contribution in [0.1, 0.15) is 20.9 Å². The Bertz CT molecular complexity index is 953. The fraction of sp³-hybridized carbons (Fsp3) is 0.118. The number of thiazole rings is 1. The van der Waals surface area contributed by atoms with Gasteiger partial charge in [-0.25, -0.2) is 9.97 Å². The number of hydrogen-bond acceptors (Lipinski definition) is 5. The second-order valence-corrected chi connectivity index (χ2v) is 6.46. The smallest absolute Gasteiger partial charge is 0.297 e. The standard InChI is InChI=1S/C17H12F4N4OS/c1-9-14(15(26)25-24-12-6-7-13(18)22-8-12)27-16(23-9)10-2-4-11(5-3-10)17(19,20)21/h2-8,24H,1H3,(H,25,26). The maximum atomic E-state index is 12.8. The van der Waals surface area contributed by atoms with Gasteiger partial charge >= 0.3 is 6.18 Å². The summed E-state index contributed by atoms with van der Waals surface area (Å²) < 4.78 is 50.7. The Hall–Kier alpha value is -3.01. The number of alkyl halides is 3. The average molecular weight is 396 g/mol. The van der Waals surface area contributed by atoms with E-state index >= 15 is 0 Å². The Morgan fingerprint density at radius 2 is 1.81 bits per heavy atom. The third-order valence-corrected chi connectivity index (χ3v) is 4.72. The SMILES string of the molecule is Cc1nc(-c2ccc(C(F)(F)F)cc2)sc1C(=O)NNc1ccc(F)nc1. The molecule has 3 rings (SSSR count). The molecule has 0 radical (unpaired) electrons. The molecule has 140 valence electrons. The lowest BCUT2D eigenvalue weighted by molar-refractivity contribution is -0.137. The highest BCUT2D eigenvalue weighted by Crippen LogP contribution is 2.32. The Morgan fingerprint density at radius 1 is 1.11 bits per heavy atom. The van der Waals surface area contributed by atoms with Gasteiger partial charge in [0.1, 0.15) is 9.88 Å². The van der Waals surface area contributed by atoms with Gasteiger partial charge in [-0.2, -0.15) is 17.6 Å². The van der Waals surface area contributed by atoms with Gasteiger partial charge in [0.25, 0.3) is 5.91 Å². The van der Waals surface area contributed by atoms with Crippen LogP contribution in [0.4, 0.5) is 23.2 Å². The molecule has 0 bridgehead atoms. The molecule has 5 nitrogen and oxygen atoms in total. The van der Waals surface area contributed by atoms with Crippen LogP contribution in [-0.4, -0.2) is 15.9 Å². The minimum absolute atomic E-state index is 0.299. The van der Waals surface area contributed by atoms with Crippen molar-refractivity contribution < 1.29 is 22.4 Å². The number of nitrogens with zero attached hydrogens (tertiary/aromatic N) is 2. The highest BCUT2D eigenvalue weighted by molar-refractivity contribution is 7.17. The zero-order valence-corrected chi connectivity index (χ0v) is 14.6. The van der Waals surface area contributed by atoms with Gasteiger partial charge in [0, 0.05) is 5.56 Å². The quantitative estimate of drug-likeness (QED) is 0.389. The molecule has 2 aromatic heterocycles. The van der Waals surface area contributed by atoms with E-state index in [4.69, 9.17) is 0 Å². The van der Waals surface area contributed by atoms with Crippen LogP contribution in [0.5, 0.6) is 0 Å². The maximum absolute atomic E-state index is 12.8. The summed E-state index contributed by atoms with van der Waals surface area (Å²) in [7, 11) is 0. The van der Waals surface area contributed by atoms with Crippen LogP contribution in [0.3, 0.4) is 0 Å². The normalized spacial score (nSPS) is 11.3. The van der Waals surface area contributed by atoms with Crippen molar-refractivity contribution in [1.29, 1.82) is 0 Å². The molecule has 1 amide bonds. The van der Waals surface area contributed by atoms with Crippen molar-refractivity contribution in [3.63, 3.8) is 0 Å². The first-order valence-corrected chi connectivity index (χ1v) is 8.38. The molecule has 1 aromatic carbocycles. The number of hydrogen-bond donors (Lipinski definition) is 2. The summed E-state index contributed by atoms with van der Waals surface area (Å²) in [5.74, 6) is -1.13. The first kappa shape index (κ1) is 18.8. The molecule has 0 aliphatic rings. The van der Waals surface area contributed by atoms with E-state index in [0.717, 1.165) is 29.5 Å². The summed E-state index contributed by atoms with van der Waals surface area (Å²) in [6.45, 7) is 1.62. The number of hydrazine groups is 1. The van der Waals surface area contributed by atoms with E-state index in [0.29, 0.717) is 26.8 Å². The van der Waals surface area contributed by atoms with Crippen molar-refractivity contribution in [2.75, 3.05) is 5.43 Å². The van der Waals surface area contributed by atoms with E-state index in [9.17, 15) is 22.4 Å². The molecule has 27 heavy (non-hydrogen) atoms. The lowest BCUT2D eigenvalue weighted by Crippen LogP contribution is -2.29. The van der Waals surface area contributed by atoms with Crippen LogP contribution >= 0.6 is 11.3 Å². The molecular weight excluding hydrogens is 384 g/mol. The van der Waals surface area contributed by atoms with Crippen LogP contribution in [0.25, 0.3) is 10.6 Å². The van der Waals surface area contributed by atoms with Crippen molar-refractivity contribution in [3.05, 3.63) is 64.7 Å². The van der Waals surface area contributed by atoms with E-state index in [2.05, 4.69) is 20.8 Å². The van der Waals surface area contributed by atoms with Crippen molar-refractivity contribution >= 4 is 22.9 Å². The molecule has 2 N–H and O–H groups in total. The van der Waals surface area contributed by atoms with Gasteiger partial charge < -0.3 is 0 Å². The van der Waals surface area contributed by atoms with Gasteiger partial charge in [0.05, 0.1) is 23.1 Å². The summed E-state index contributed by atoms with van der Waals surface area (Å²) in [5.41, 5.74) is 5.58. The Labute approximate surface area is 155 Å². The molecule has 3 aromatic rings. The largest absolute Gasteiger partial charge is 0.416 e. The number of halogens is 4. The van der Waals surface area contributed by atoms with E-state index in [1.54, 1.807) is 6.92 Å². The second-order valence-electron chi connectivity index (χ2n) is 5.46.